The van der Waals surface area contributed by atoms with Crippen molar-refractivity contribution in [1.29, 1.82) is 0 Å². The van der Waals surface area contributed by atoms with Crippen LogP contribution in [0, 0.1) is 0 Å². The molecule has 1 atom stereocenters. The second kappa shape index (κ2) is 8.44. The van der Waals surface area contributed by atoms with Gasteiger partial charge in [-0.1, -0.05) is 66.8 Å². The van der Waals surface area contributed by atoms with Crippen LogP contribution in [0.4, 0.5) is 0 Å². The number of carbonyl (C=O) groups is 1. The van der Waals surface area contributed by atoms with E-state index in [0.29, 0.717) is 6.42 Å². The zero-order valence-corrected chi connectivity index (χ0v) is 14.0. The van der Waals surface area contributed by atoms with Crippen LogP contribution < -0.4 is 5.32 Å². The fraction of sp³-hybridized carbons (Fsp3) is 0.263. The molecule has 0 radical (unpaired) electrons. The van der Waals surface area contributed by atoms with Gasteiger partial charge in [-0.15, -0.1) is 0 Å². The maximum absolute atomic E-state index is 10.6. The lowest BCUT2D eigenvalue weighted by Crippen LogP contribution is -2.26. The summed E-state index contributed by atoms with van der Waals surface area (Å²) in [6, 6.07) is 18.3. The zero-order chi connectivity index (χ0) is 16.7. The van der Waals surface area contributed by atoms with Crippen molar-refractivity contribution in [2.75, 3.05) is 0 Å². The summed E-state index contributed by atoms with van der Waals surface area (Å²) in [4.78, 5) is 11.4. The molecule has 0 aliphatic rings. The second-order valence-electron chi connectivity index (χ2n) is 5.59. The molecule has 2 N–H and O–H groups in total. The highest BCUT2D eigenvalue weighted by molar-refractivity contribution is 7.80. The summed E-state index contributed by atoms with van der Waals surface area (Å²) < 4.78 is 0. The Bertz CT molecular complexity index is 653. The highest BCUT2D eigenvalue weighted by atomic mass is 32.1. The summed E-state index contributed by atoms with van der Waals surface area (Å²) in [6.45, 7) is 2.07. The molecule has 0 spiro atoms. The maximum atomic E-state index is 10.6. The van der Waals surface area contributed by atoms with Crippen LogP contribution in [0.15, 0.2) is 54.6 Å². The van der Waals surface area contributed by atoms with Gasteiger partial charge in [0.1, 0.15) is 0 Å². The molecule has 2 aromatic carbocycles. The molecule has 23 heavy (non-hydrogen) atoms. The van der Waals surface area contributed by atoms with Gasteiger partial charge in [-0.25, -0.2) is 0 Å². The summed E-state index contributed by atoms with van der Waals surface area (Å²) >= 11 is 5.43. The third kappa shape index (κ3) is 5.83. The number of aryl methyl sites for hydroxylation is 1. The fourth-order valence-electron chi connectivity index (χ4n) is 2.38. The number of benzene rings is 2. The first-order valence-electron chi connectivity index (χ1n) is 7.68. The topological polar surface area (TPSA) is 49.3 Å². The first-order chi connectivity index (χ1) is 11.0. The van der Waals surface area contributed by atoms with Gasteiger partial charge in [-0.2, -0.15) is 0 Å². The molecule has 2 aromatic rings. The van der Waals surface area contributed by atoms with Gasteiger partial charge < -0.3 is 10.4 Å². The van der Waals surface area contributed by atoms with Gasteiger partial charge in [0.25, 0.3) is 0 Å². The third-order valence-electron chi connectivity index (χ3n) is 3.69. The van der Waals surface area contributed by atoms with Gasteiger partial charge in [0, 0.05) is 18.9 Å². The average molecular weight is 327 g/mol. The van der Waals surface area contributed by atoms with Crippen molar-refractivity contribution in [2.45, 2.75) is 32.2 Å². The Kier molecular flexibility index (Phi) is 6.29. The van der Waals surface area contributed by atoms with Crippen molar-refractivity contribution < 1.29 is 9.90 Å². The number of aliphatic carboxylic acids is 1. The van der Waals surface area contributed by atoms with Gasteiger partial charge in [0.2, 0.25) is 0 Å². The molecule has 0 bridgehead atoms. The van der Waals surface area contributed by atoms with Crippen LogP contribution in [0.2, 0.25) is 0 Å². The quantitative estimate of drug-likeness (QED) is 0.757. The second-order valence-corrected chi connectivity index (χ2v) is 6.08. The maximum Gasteiger partial charge on any atom is 0.303 e. The number of carboxylic acids is 1. The minimum atomic E-state index is -0.768. The Morgan fingerprint density at radius 1 is 1.09 bits per heavy atom. The summed E-state index contributed by atoms with van der Waals surface area (Å²) in [6.07, 6.45) is 1.45. The number of nitrogens with one attached hydrogen (secondary N) is 1. The van der Waals surface area contributed by atoms with Crippen LogP contribution >= 0.6 is 12.2 Å². The Balaban J connectivity index is 1.88. The van der Waals surface area contributed by atoms with Crippen molar-refractivity contribution in [3.05, 3.63) is 71.3 Å². The van der Waals surface area contributed by atoms with E-state index >= 15 is 0 Å². The molecule has 0 heterocycles. The van der Waals surface area contributed by atoms with Crippen molar-refractivity contribution in [3.8, 4) is 0 Å². The molecule has 0 amide bonds. The van der Waals surface area contributed by atoms with Crippen LogP contribution in [0.5, 0.6) is 0 Å². The first kappa shape index (κ1) is 17.2. The molecule has 0 saturated carbocycles. The lowest BCUT2D eigenvalue weighted by Gasteiger charge is -2.17. The van der Waals surface area contributed by atoms with Crippen molar-refractivity contribution in [1.82, 2.24) is 5.32 Å². The van der Waals surface area contributed by atoms with E-state index in [-0.39, 0.29) is 12.5 Å². The Morgan fingerprint density at radius 3 is 2.35 bits per heavy atom. The predicted molar refractivity (Wildman–Crippen MR) is 96.7 cm³/mol. The molecule has 0 aliphatic heterocycles. The number of hydrogen-bond acceptors (Lipinski definition) is 2. The smallest absolute Gasteiger partial charge is 0.303 e. The van der Waals surface area contributed by atoms with E-state index in [9.17, 15) is 4.79 Å². The van der Waals surface area contributed by atoms with E-state index in [0.717, 1.165) is 22.5 Å². The van der Waals surface area contributed by atoms with Crippen LogP contribution in [-0.2, 0) is 17.6 Å². The van der Waals surface area contributed by atoms with E-state index < -0.39 is 5.97 Å². The molecule has 1 unspecified atom stereocenters. The SMILES string of the molecule is CC(NC(=S)Cc1ccccc1)c1ccc(CCC(=O)O)cc1. The van der Waals surface area contributed by atoms with Gasteiger partial charge in [0.15, 0.2) is 0 Å². The van der Waals surface area contributed by atoms with Crippen LogP contribution in [0.3, 0.4) is 0 Å². The lowest BCUT2D eigenvalue weighted by atomic mass is 10.0. The number of rotatable bonds is 7. The van der Waals surface area contributed by atoms with E-state index in [2.05, 4.69) is 24.4 Å². The first-order valence-corrected chi connectivity index (χ1v) is 8.09. The van der Waals surface area contributed by atoms with Crippen molar-refractivity contribution in [3.63, 3.8) is 0 Å². The summed E-state index contributed by atoms with van der Waals surface area (Å²) in [5.41, 5.74) is 3.37. The minimum absolute atomic E-state index is 0.125. The highest BCUT2D eigenvalue weighted by Crippen LogP contribution is 2.15. The van der Waals surface area contributed by atoms with Crippen molar-refractivity contribution >= 4 is 23.2 Å². The molecule has 0 aromatic heterocycles. The third-order valence-corrected chi connectivity index (χ3v) is 3.95. The normalized spacial score (nSPS) is 11.7. The average Bonchev–Trinajstić information content (AvgIpc) is 2.54. The molecule has 2 rings (SSSR count). The van der Waals surface area contributed by atoms with Crippen LogP contribution in [0.25, 0.3) is 0 Å². The van der Waals surface area contributed by atoms with E-state index in [1.54, 1.807) is 0 Å². The molecular formula is C19H21NO2S. The molecule has 3 nitrogen and oxygen atoms in total. The zero-order valence-electron chi connectivity index (χ0n) is 13.2. The largest absolute Gasteiger partial charge is 0.481 e. The van der Waals surface area contributed by atoms with E-state index in [4.69, 9.17) is 17.3 Å². The monoisotopic (exact) mass is 327 g/mol. The standard InChI is InChI=1S/C19H21NO2S/c1-14(20-18(23)13-16-5-3-2-4-6-16)17-10-7-15(8-11-17)9-12-19(21)22/h2-8,10-11,14H,9,12-13H2,1H3,(H,20,23)(H,21,22). The fourth-order valence-corrected chi connectivity index (χ4v) is 2.72. The summed E-state index contributed by atoms with van der Waals surface area (Å²) in [7, 11) is 0. The molecule has 0 aliphatic carbocycles. The Morgan fingerprint density at radius 2 is 1.74 bits per heavy atom. The molecule has 0 saturated heterocycles. The molecule has 4 heteroatoms. The number of hydrogen-bond donors (Lipinski definition) is 2. The predicted octanol–water partition coefficient (Wildman–Crippen LogP) is 3.92. The van der Waals surface area contributed by atoms with Gasteiger partial charge in [-0.05, 0) is 30.0 Å². The molecule has 120 valence electrons. The minimum Gasteiger partial charge on any atom is -0.481 e. The Hall–Kier alpha value is -2.20. The van der Waals surface area contributed by atoms with Crippen LogP contribution in [-0.4, -0.2) is 16.1 Å². The molecule has 0 fully saturated rings. The number of carboxylic acid groups (broad SMARTS) is 1. The molecular weight excluding hydrogens is 306 g/mol. The lowest BCUT2D eigenvalue weighted by molar-refractivity contribution is -0.136. The van der Waals surface area contributed by atoms with Gasteiger partial charge >= 0.3 is 5.97 Å². The Labute approximate surface area is 142 Å². The van der Waals surface area contributed by atoms with E-state index in [1.807, 2.05) is 42.5 Å². The van der Waals surface area contributed by atoms with Crippen LogP contribution in [0.1, 0.15) is 36.1 Å². The summed E-state index contributed by atoms with van der Waals surface area (Å²) in [5, 5.41) is 12.1. The van der Waals surface area contributed by atoms with Gasteiger partial charge in [-0.3, -0.25) is 4.79 Å². The highest BCUT2D eigenvalue weighted by Gasteiger charge is 2.08. The van der Waals surface area contributed by atoms with Crippen molar-refractivity contribution in [2.24, 2.45) is 0 Å². The van der Waals surface area contributed by atoms with E-state index in [1.165, 1.54) is 5.56 Å². The van der Waals surface area contributed by atoms with Gasteiger partial charge in [0.05, 0.1) is 4.99 Å². The summed E-state index contributed by atoms with van der Waals surface area (Å²) in [5.74, 6) is -0.768. The number of thiocarbonyl (C=S) groups is 1.